The number of urea groups is 1. The lowest BCUT2D eigenvalue weighted by Gasteiger charge is -2.35. The number of ether oxygens (including phenoxy) is 2. The molecule has 0 aliphatic carbocycles. The first-order valence-corrected chi connectivity index (χ1v) is 9.36. The summed E-state index contributed by atoms with van der Waals surface area (Å²) in [6, 6.07) is 7.80. The van der Waals surface area contributed by atoms with E-state index in [1.54, 1.807) is 20.5 Å². The van der Waals surface area contributed by atoms with Crippen molar-refractivity contribution >= 4 is 11.8 Å². The molecule has 0 atom stereocenters. The third-order valence-electron chi connectivity index (χ3n) is 4.63. The standard InChI is InChI=1S/C20H27N5O3/c1-14(2)23-20(26)25-9-7-24(8-10-25)19-12-16(21-13-22-19)15-5-6-17(27-3)18(11-15)28-4/h5-6,11-14H,7-10H2,1-4H3,(H,23,26). The molecule has 1 fully saturated rings. The van der Waals surface area contributed by atoms with Crippen molar-refractivity contribution in [2.24, 2.45) is 0 Å². The van der Waals surface area contributed by atoms with E-state index in [0.717, 1.165) is 30.2 Å². The summed E-state index contributed by atoms with van der Waals surface area (Å²) >= 11 is 0. The van der Waals surface area contributed by atoms with E-state index in [1.165, 1.54) is 0 Å². The Balaban J connectivity index is 1.72. The number of benzene rings is 1. The van der Waals surface area contributed by atoms with Gasteiger partial charge in [-0.2, -0.15) is 0 Å². The molecule has 1 aromatic carbocycles. The monoisotopic (exact) mass is 385 g/mol. The Morgan fingerprint density at radius 1 is 1.04 bits per heavy atom. The van der Waals surface area contributed by atoms with E-state index in [0.29, 0.717) is 24.6 Å². The van der Waals surface area contributed by atoms with Crippen LogP contribution in [0.5, 0.6) is 11.5 Å². The maximum absolute atomic E-state index is 12.2. The first-order chi connectivity index (χ1) is 13.5. The second-order valence-electron chi connectivity index (χ2n) is 6.91. The average Bonchev–Trinajstić information content (AvgIpc) is 2.73. The quantitative estimate of drug-likeness (QED) is 0.851. The normalized spacial score (nSPS) is 14.2. The number of aromatic nitrogens is 2. The number of carbonyl (C=O) groups excluding carboxylic acids is 1. The minimum Gasteiger partial charge on any atom is -0.493 e. The van der Waals surface area contributed by atoms with Gasteiger partial charge >= 0.3 is 6.03 Å². The lowest BCUT2D eigenvalue weighted by atomic mass is 10.1. The van der Waals surface area contributed by atoms with Gasteiger partial charge in [-0.25, -0.2) is 14.8 Å². The van der Waals surface area contributed by atoms with Crippen LogP contribution in [0.15, 0.2) is 30.6 Å². The molecule has 8 heteroatoms. The number of carbonyl (C=O) groups is 1. The molecule has 2 heterocycles. The van der Waals surface area contributed by atoms with Crippen molar-refractivity contribution in [3.05, 3.63) is 30.6 Å². The molecule has 28 heavy (non-hydrogen) atoms. The summed E-state index contributed by atoms with van der Waals surface area (Å²) in [7, 11) is 3.23. The van der Waals surface area contributed by atoms with Gasteiger partial charge in [-0.15, -0.1) is 0 Å². The highest BCUT2D eigenvalue weighted by atomic mass is 16.5. The van der Waals surface area contributed by atoms with Crippen molar-refractivity contribution in [1.29, 1.82) is 0 Å². The number of hydrogen-bond donors (Lipinski definition) is 1. The van der Waals surface area contributed by atoms with E-state index < -0.39 is 0 Å². The van der Waals surface area contributed by atoms with Gasteiger partial charge in [-0.05, 0) is 32.0 Å². The molecule has 0 spiro atoms. The topological polar surface area (TPSA) is 79.8 Å². The summed E-state index contributed by atoms with van der Waals surface area (Å²) in [4.78, 5) is 25.0. The maximum Gasteiger partial charge on any atom is 0.317 e. The Labute approximate surface area is 165 Å². The fraction of sp³-hybridized carbons (Fsp3) is 0.450. The Bertz CT molecular complexity index is 819. The van der Waals surface area contributed by atoms with Crippen molar-refractivity contribution in [2.45, 2.75) is 19.9 Å². The second-order valence-corrected chi connectivity index (χ2v) is 6.91. The summed E-state index contributed by atoms with van der Waals surface area (Å²) in [5.41, 5.74) is 1.74. The molecular weight excluding hydrogens is 358 g/mol. The molecule has 0 saturated carbocycles. The van der Waals surface area contributed by atoms with Crippen LogP contribution in [0.25, 0.3) is 11.3 Å². The van der Waals surface area contributed by atoms with Crippen LogP contribution in [0, 0.1) is 0 Å². The smallest absolute Gasteiger partial charge is 0.317 e. The van der Waals surface area contributed by atoms with Gasteiger partial charge in [0, 0.05) is 43.9 Å². The highest BCUT2D eigenvalue weighted by Gasteiger charge is 2.22. The van der Waals surface area contributed by atoms with Gasteiger partial charge in [0.15, 0.2) is 11.5 Å². The molecule has 0 bridgehead atoms. The predicted molar refractivity (Wildman–Crippen MR) is 108 cm³/mol. The van der Waals surface area contributed by atoms with E-state index in [-0.39, 0.29) is 12.1 Å². The molecule has 1 N–H and O–H groups in total. The number of hydrogen-bond acceptors (Lipinski definition) is 6. The number of rotatable bonds is 5. The number of amides is 2. The summed E-state index contributed by atoms with van der Waals surface area (Å²) in [5, 5.41) is 2.94. The molecule has 1 aliphatic heterocycles. The van der Waals surface area contributed by atoms with Gasteiger partial charge in [-0.3, -0.25) is 0 Å². The van der Waals surface area contributed by atoms with Crippen LogP contribution in [-0.2, 0) is 0 Å². The zero-order valence-corrected chi connectivity index (χ0v) is 16.8. The third-order valence-corrected chi connectivity index (χ3v) is 4.63. The maximum atomic E-state index is 12.2. The van der Waals surface area contributed by atoms with E-state index >= 15 is 0 Å². The van der Waals surface area contributed by atoms with Gasteiger partial charge in [0.2, 0.25) is 0 Å². The Morgan fingerprint density at radius 2 is 1.75 bits per heavy atom. The molecule has 8 nitrogen and oxygen atoms in total. The molecule has 1 aromatic heterocycles. The molecular formula is C20H27N5O3. The highest BCUT2D eigenvalue weighted by Crippen LogP contribution is 2.32. The zero-order valence-electron chi connectivity index (χ0n) is 16.8. The first-order valence-electron chi connectivity index (χ1n) is 9.36. The molecule has 1 saturated heterocycles. The first kappa shape index (κ1) is 19.7. The number of nitrogens with one attached hydrogen (secondary N) is 1. The van der Waals surface area contributed by atoms with Crippen LogP contribution < -0.4 is 19.7 Å². The molecule has 1 aliphatic rings. The SMILES string of the molecule is COc1ccc(-c2cc(N3CCN(C(=O)NC(C)C)CC3)ncn2)cc1OC. The number of anilines is 1. The van der Waals surface area contributed by atoms with E-state index in [1.807, 2.05) is 43.0 Å². The lowest BCUT2D eigenvalue weighted by Crippen LogP contribution is -2.53. The van der Waals surface area contributed by atoms with Crippen LogP contribution in [0.3, 0.4) is 0 Å². The van der Waals surface area contributed by atoms with Crippen molar-refractivity contribution in [3.8, 4) is 22.8 Å². The van der Waals surface area contributed by atoms with E-state index in [2.05, 4.69) is 20.2 Å². The van der Waals surface area contributed by atoms with Crippen molar-refractivity contribution in [2.75, 3.05) is 45.3 Å². The zero-order chi connectivity index (χ0) is 20.1. The Hall–Kier alpha value is -3.03. The summed E-state index contributed by atoms with van der Waals surface area (Å²) < 4.78 is 10.7. The summed E-state index contributed by atoms with van der Waals surface area (Å²) in [5.74, 6) is 2.19. The van der Waals surface area contributed by atoms with Gasteiger partial charge in [0.05, 0.1) is 19.9 Å². The Kier molecular flexibility index (Phi) is 6.18. The minimum absolute atomic E-state index is 0.0108. The summed E-state index contributed by atoms with van der Waals surface area (Å²) in [6.45, 7) is 6.71. The minimum atomic E-state index is -0.0108. The van der Waals surface area contributed by atoms with Crippen LogP contribution in [0.2, 0.25) is 0 Å². The lowest BCUT2D eigenvalue weighted by molar-refractivity contribution is 0.191. The number of nitrogens with zero attached hydrogens (tertiary/aromatic N) is 4. The molecule has 3 rings (SSSR count). The molecule has 150 valence electrons. The molecule has 2 amide bonds. The third kappa shape index (κ3) is 4.44. The van der Waals surface area contributed by atoms with Gasteiger partial charge in [0.1, 0.15) is 12.1 Å². The van der Waals surface area contributed by atoms with Crippen LogP contribution in [0.1, 0.15) is 13.8 Å². The average molecular weight is 385 g/mol. The van der Waals surface area contributed by atoms with Gasteiger partial charge < -0.3 is 24.6 Å². The predicted octanol–water partition coefficient (Wildman–Crippen LogP) is 2.40. The second kappa shape index (κ2) is 8.77. The summed E-state index contributed by atoms with van der Waals surface area (Å²) in [6.07, 6.45) is 1.57. The molecule has 2 aromatic rings. The number of methoxy groups -OCH3 is 2. The van der Waals surface area contributed by atoms with Crippen LogP contribution in [-0.4, -0.2) is 67.3 Å². The largest absolute Gasteiger partial charge is 0.493 e. The van der Waals surface area contributed by atoms with Crippen molar-refractivity contribution < 1.29 is 14.3 Å². The van der Waals surface area contributed by atoms with Gasteiger partial charge in [0.25, 0.3) is 0 Å². The highest BCUT2D eigenvalue weighted by molar-refractivity contribution is 5.75. The van der Waals surface area contributed by atoms with Gasteiger partial charge in [-0.1, -0.05) is 0 Å². The van der Waals surface area contributed by atoms with Crippen molar-refractivity contribution in [3.63, 3.8) is 0 Å². The van der Waals surface area contributed by atoms with Crippen LogP contribution >= 0.6 is 0 Å². The Morgan fingerprint density at radius 3 is 2.39 bits per heavy atom. The fourth-order valence-electron chi connectivity index (χ4n) is 3.15. The molecule has 0 radical (unpaired) electrons. The van der Waals surface area contributed by atoms with Crippen molar-refractivity contribution in [1.82, 2.24) is 20.2 Å². The molecule has 0 unspecified atom stereocenters. The number of piperazine rings is 1. The fourth-order valence-corrected chi connectivity index (χ4v) is 3.15. The van der Waals surface area contributed by atoms with E-state index in [9.17, 15) is 4.79 Å². The van der Waals surface area contributed by atoms with E-state index in [4.69, 9.17) is 9.47 Å². The van der Waals surface area contributed by atoms with Crippen LogP contribution in [0.4, 0.5) is 10.6 Å².